The molecule has 2 bridgehead atoms. The zero-order chi connectivity index (χ0) is 63.2. The van der Waals surface area contributed by atoms with Gasteiger partial charge in [0.05, 0.1) is 29.8 Å². The predicted octanol–water partition coefficient (Wildman–Crippen LogP) is 5.06. The summed E-state index contributed by atoms with van der Waals surface area (Å²) in [7, 11) is 0. The van der Waals surface area contributed by atoms with Crippen LogP contribution < -0.4 is 18.6 Å². The molecule has 466 valence electrons. The minimum absolute atomic E-state index is 0.00163. The number of rotatable bonds is 14. The Morgan fingerprint density at radius 1 is 0.730 bits per heavy atom. The van der Waals surface area contributed by atoms with Crippen molar-refractivity contribution in [3.05, 3.63) is 165 Å². The number of hydrogen-bond acceptors (Lipinski definition) is 18. The number of nitrogens with zero attached hydrogens (tertiary/aromatic N) is 2. The molecule has 13 rings (SSSR count). The standard InChI is InChI=1S/C70H76GeN2O16/c1-37-54(31-69(85)62(88-63(82)39-16-12-9-13-17-39)60-67(4)36-86-56(67)30-55(78)68(60,5)61(81)59(80)57(37)66(69,2)3)87-65(84)58(79)47(38-14-10-8-11-15-38)29-43(74)21-25-53(77)40-18-22-46-50(26-40)70(89-64(46)83)48-23-19-41(72-32-44(75)33-72)27-51(48)71(6,7)52-28-42(20-24-49(52)70)73-34-45(76)35-73/h8-20,22-24,26-28,44-45,47,54-56,58-60,62,75-76,78-80,85H,21,25,29-36H2,1-7H3/t47-,54-,55-,56+,58+,59+,60+,62-,67+,68+,69+/m0/s1. The van der Waals surface area contributed by atoms with Gasteiger partial charge in [-0.3, -0.25) is 4.79 Å². The third kappa shape index (κ3) is 9.27. The molecule has 3 saturated heterocycles. The molecule has 5 aromatic carbocycles. The normalized spacial score (nSPS) is 30.1. The van der Waals surface area contributed by atoms with Crippen LogP contribution in [0.2, 0.25) is 11.5 Å². The van der Waals surface area contributed by atoms with Crippen molar-refractivity contribution in [1.82, 2.24) is 0 Å². The van der Waals surface area contributed by atoms with E-state index < -0.39 is 149 Å². The van der Waals surface area contributed by atoms with Gasteiger partial charge in [-0.05, 0) is 42.7 Å². The minimum atomic E-state index is -3.28. The maximum atomic E-state index is 15.2. The van der Waals surface area contributed by atoms with Crippen molar-refractivity contribution in [2.75, 3.05) is 42.6 Å². The molecule has 5 fully saturated rings. The number of Topliss-reactive ketones (excluding diaryl/α,β-unsaturated/α-hetero) is 3. The summed E-state index contributed by atoms with van der Waals surface area (Å²) in [5.41, 5.74) is -2.66. The first kappa shape index (κ1) is 61.0. The number of aliphatic hydroxyl groups is 6. The number of ketones is 3. The number of hydrogen-bond donors (Lipinski definition) is 6. The fraction of sp³-hybridized carbons (Fsp3) is 0.457. The van der Waals surface area contributed by atoms with Gasteiger partial charge in [0.2, 0.25) is 0 Å². The molecule has 1 spiro atoms. The average molecular weight is 1270 g/mol. The largest absolute Gasteiger partial charge is 0.392 e. The van der Waals surface area contributed by atoms with E-state index in [-0.39, 0.29) is 48.1 Å². The SMILES string of the molecule is CC1=C2[C@@H](O)C(=O)[C@@]3(C)[C@H]([C@H](OC(=O)c4ccccc4)[C@](O)(C[C@@H]1OC(=O)[C@H](O)[C@@H](CC(=O)CCC(=O)c1ccc4c(c1)C1(OC4=O)c4ccc(N5CC(O)C5)c[c]4[Ge]([CH3])([CH3])[c]4cc(N5CC(O)C5)ccc41)c1ccccc1)C2(C)C)[C@]1(C)CO[C@@H]1C[C@@H]3O. The number of carbonyl (C=O) groups excluding carboxylic acids is 6. The van der Waals surface area contributed by atoms with Gasteiger partial charge in [0.15, 0.2) is 11.9 Å². The Hall–Kier alpha value is -6.88. The molecule has 2 saturated carbocycles. The molecule has 5 aromatic rings. The molecule has 8 aliphatic rings. The van der Waals surface area contributed by atoms with E-state index in [0.717, 1.165) is 31.3 Å². The van der Waals surface area contributed by atoms with E-state index in [1.54, 1.807) is 99.6 Å². The van der Waals surface area contributed by atoms with Crippen molar-refractivity contribution >= 4 is 68.7 Å². The summed E-state index contributed by atoms with van der Waals surface area (Å²) in [6, 6.07) is 33.7. The first-order valence-corrected chi connectivity index (χ1v) is 37.2. The predicted molar refractivity (Wildman–Crippen MR) is 329 cm³/mol. The van der Waals surface area contributed by atoms with Gasteiger partial charge in [-0.1, -0.05) is 69.3 Å². The Bertz CT molecular complexity index is 3730. The van der Waals surface area contributed by atoms with Crippen LogP contribution in [0.1, 0.15) is 126 Å². The van der Waals surface area contributed by atoms with E-state index in [1.165, 1.54) is 6.92 Å². The third-order valence-electron chi connectivity index (χ3n) is 22.0. The first-order chi connectivity index (χ1) is 42.1. The smallest absolute Gasteiger partial charge is 0.0693 e. The van der Waals surface area contributed by atoms with E-state index in [9.17, 15) is 54.6 Å². The number of ether oxygens (including phenoxy) is 4. The molecule has 6 N–H and O–H groups in total. The van der Waals surface area contributed by atoms with Crippen molar-refractivity contribution < 1.29 is 78.4 Å². The molecular weight excluding hydrogens is 1200 g/mol. The van der Waals surface area contributed by atoms with E-state index in [2.05, 4.69) is 33.4 Å². The van der Waals surface area contributed by atoms with Crippen molar-refractivity contribution in [1.29, 1.82) is 0 Å². The number of esters is 3. The number of anilines is 2. The topological polar surface area (TPSA) is 267 Å². The summed E-state index contributed by atoms with van der Waals surface area (Å²) in [6.07, 6.45) is -11.2. The van der Waals surface area contributed by atoms with Crippen molar-refractivity contribution in [2.45, 2.75) is 144 Å². The fourth-order valence-corrected chi connectivity index (χ4v) is 23.2. The van der Waals surface area contributed by atoms with Gasteiger partial charge in [-0.15, -0.1) is 0 Å². The number of fused-ring (bicyclic) bond motifs is 11. The van der Waals surface area contributed by atoms with Gasteiger partial charge in [-0.25, -0.2) is 9.59 Å². The van der Waals surface area contributed by atoms with Crippen LogP contribution in [0, 0.1) is 22.2 Å². The second kappa shape index (κ2) is 21.6. The fourth-order valence-electron chi connectivity index (χ4n) is 16.6. The van der Waals surface area contributed by atoms with Gasteiger partial charge < -0.3 is 34.6 Å². The molecule has 0 radical (unpaired) electrons. The average Bonchev–Trinajstić information content (AvgIpc) is 1.50. The van der Waals surface area contributed by atoms with Crippen LogP contribution >= 0.6 is 0 Å². The zero-order valence-corrected chi connectivity index (χ0v) is 53.1. The summed E-state index contributed by atoms with van der Waals surface area (Å²) < 4.78 is 27.5. The molecule has 0 aromatic heterocycles. The molecule has 0 amide bonds. The van der Waals surface area contributed by atoms with E-state index >= 15 is 4.79 Å². The van der Waals surface area contributed by atoms with E-state index in [4.69, 9.17) is 18.9 Å². The first-order valence-electron chi connectivity index (χ1n) is 30.9. The van der Waals surface area contributed by atoms with Crippen LogP contribution in [0.25, 0.3) is 0 Å². The minimum Gasteiger partial charge on any atom is -0.392 e. The number of β-amino-alcohol motifs (C(OH)–C–C–N with tert-alkyl or cyclic N) is 2. The summed E-state index contributed by atoms with van der Waals surface area (Å²) in [4.78, 5) is 91.5. The van der Waals surface area contributed by atoms with E-state index in [1.807, 2.05) is 31.2 Å². The van der Waals surface area contributed by atoms with Gasteiger partial charge in [0, 0.05) is 29.6 Å². The molecule has 5 heterocycles. The monoisotopic (exact) mass is 1270 g/mol. The Balaban J connectivity index is 0.778. The van der Waals surface area contributed by atoms with Crippen LogP contribution in [-0.4, -0.2) is 166 Å². The molecule has 11 atom stereocenters. The molecule has 5 aliphatic heterocycles. The number of aliphatic hydroxyl groups excluding tert-OH is 5. The number of carbonyl (C=O) groups is 6. The van der Waals surface area contributed by atoms with Crippen molar-refractivity contribution in [3.8, 4) is 0 Å². The molecule has 0 unspecified atom stereocenters. The van der Waals surface area contributed by atoms with E-state index in [0.29, 0.717) is 42.9 Å². The molecule has 19 heteroatoms. The quantitative estimate of drug-likeness (QED) is 0.0279. The molecule has 3 aliphatic carbocycles. The van der Waals surface area contributed by atoms with Crippen LogP contribution in [0.3, 0.4) is 0 Å². The maximum absolute atomic E-state index is 15.2. The zero-order valence-electron chi connectivity index (χ0n) is 51.0. The Morgan fingerprint density at radius 3 is 1.90 bits per heavy atom. The summed E-state index contributed by atoms with van der Waals surface area (Å²) in [5, 5.41) is 70.8. The Labute approximate surface area is 518 Å². The summed E-state index contributed by atoms with van der Waals surface area (Å²) in [5.74, 6) is -1.93. The number of benzene rings is 5. The molecular formula is C70H76GeN2O16. The van der Waals surface area contributed by atoms with Gasteiger partial charge >= 0.3 is 265 Å². The third-order valence-corrected chi connectivity index (χ3v) is 29.4. The van der Waals surface area contributed by atoms with Crippen LogP contribution in [0.5, 0.6) is 0 Å². The van der Waals surface area contributed by atoms with Crippen molar-refractivity contribution in [3.63, 3.8) is 0 Å². The van der Waals surface area contributed by atoms with Crippen LogP contribution in [-0.2, 0) is 38.9 Å². The van der Waals surface area contributed by atoms with Crippen LogP contribution in [0.4, 0.5) is 11.4 Å². The summed E-state index contributed by atoms with van der Waals surface area (Å²) >= 11 is -3.28. The second-order valence-corrected chi connectivity index (χ2v) is 36.8. The van der Waals surface area contributed by atoms with Crippen molar-refractivity contribution in [2.24, 2.45) is 22.2 Å². The maximum Gasteiger partial charge on any atom is 0.0693 e. The second-order valence-electron chi connectivity index (χ2n) is 27.7. The Kier molecular flexibility index (Phi) is 14.8. The van der Waals surface area contributed by atoms with Gasteiger partial charge in [0.1, 0.15) is 23.9 Å². The molecule has 18 nitrogen and oxygen atoms in total. The summed E-state index contributed by atoms with van der Waals surface area (Å²) in [6.45, 7) is 10.3. The van der Waals surface area contributed by atoms with Gasteiger partial charge in [0.25, 0.3) is 0 Å². The van der Waals surface area contributed by atoms with Gasteiger partial charge in [-0.2, -0.15) is 0 Å². The Morgan fingerprint density at radius 2 is 1.33 bits per heavy atom. The molecule has 89 heavy (non-hydrogen) atoms. The van der Waals surface area contributed by atoms with Crippen LogP contribution in [0.15, 0.2) is 126 Å².